The van der Waals surface area contributed by atoms with Crippen LogP contribution >= 0.6 is 0 Å². The number of benzene rings is 1. The third-order valence-corrected chi connectivity index (χ3v) is 7.13. The van der Waals surface area contributed by atoms with Gasteiger partial charge in [-0.05, 0) is 49.3 Å². The van der Waals surface area contributed by atoms with Crippen LogP contribution in [0.5, 0.6) is 0 Å². The van der Waals surface area contributed by atoms with Crippen LogP contribution in [0.1, 0.15) is 43.0 Å². The zero-order valence-corrected chi connectivity index (χ0v) is 17.3. The summed E-state index contributed by atoms with van der Waals surface area (Å²) in [5, 5.41) is 15.7. The van der Waals surface area contributed by atoms with Gasteiger partial charge in [0.25, 0.3) is 0 Å². The van der Waals surface area contributed by atoms with Crippen molar-refractivity contribution in [2.24, 2.45) is 12.5 Å². The van der Waals surface area contributed by atoms with Gasteiger partial charge in [0.15, 0.2) is 0 Å². The number of aromatic nitrogens is 5. The Morgan fingerprint density at radius 2 is 1.94 bits per heavy atom. The van der Waals surface area contributed by atoms with Gasteiger partial charge in [-0.15, -0.1) is 0 Å². The molecule has 1 amide bonds. The second-order valence-corrected chi connectivity index (χ2v) is 9.22. The molecule has 0 aliphatic heterocycles. The summed E-state index contributed by atoms with van der Waals surface area (Å²) in [7, 11) is 1.91. The Labute approximate surface area is 178 Å². The molecule has 8 heteroatoms. The number of amides is 1. The van der Waals surface area contributed by atoms with Crippen LogP contribution in [0.3, 0.4) is 0 Å². The molecule has 1 spiro atoms. The minimum absolute atomic E-state index is 0.0387. The second-order valence-electron chi connectivity index (χ2n) is 9.22. The van der Waals surface area contributed by atoms with Gasteiger partial charge < -0.3 is 5.32 Å². The van der Waals surface area contributed by atoms with Crippen LogP contribution in [-0.2, 0) is 18.3 Å². The van der Waals surface area contributed by atoms with E-state index in [2.05, 4.69) is 20.6 Å². The molecule has 2 N–H and O–H groups in total. The summed E-state index contributed by atoms with van der Waals surface area (Å²) in [5.41, 5.74) is 3.85. The highest BCUT2D eigenvalue weighted by Gasteiger charge is 2.54. The molecule has 6 rings (SSSR count). The van der Waals surface area contributed by atoms with Crippen molar-refractivity contribution in [2.75, 3.05) is 0 Å². The van der Waals surface area contributed by atoms with Crippen molar-refractivity contribution in [1.82, 2.24) is 29.7 Å². The van der Waals surface area contributed by atoms with Gasteiger partial charge in [0.05, 0.1) is 28.8 Å². The topological polar surface area (TPSA) is 97.1 Å². The summed E-state index contributed by atoms with van der Waals surface area (Å²) in [6.45, 7) is 0. The Balaban J connectivity index is 1.07. The molecule has 2 aliphatic carbocycles. The molecule has 8 nitrogen and oxygen atoms in total. The monoisotopic (exact) mass is 416 g/mol. The van der Waals surface area contributed by atoms with Crippen molar-refractivity contribution in [2.45, 2.75) is 44.1 Å². The number of carbonyl (C=O) groups is 1. The van der Waals surface area contributed by atoms with Crippen LogP contribution < -0.4 is 11.0 Å². The van der Waals surface area contributed by atoms with E-state index >= 15 is 0 Å². The van der Waals surface area contributed by atoms with E-state index in [1.165, 1.54) is 0 Å². The largest absolute Gasteiger partial charge is 0.353 e. The van der Waals surface area contributed by atoms with Gasteiger partial charge in [-0.25, -0.2) is 9.89 Å². The molecule has 3 aromatic heterocycles. The molecular formula is C23H24N6O2. The molecule has 158 valence electrons. The molecule has 2 aliphatic rings. The lowest BCUT2D eigenvalue weighted by atomic mass is 9.49. The molecule has 0 atom stereocenters. The first-order valence-corrected chi connectivity index (χ1v) is 10.8. The van der Waals surface area contributed by atoms with Crippen molar-refractivity contribution >= 4 is 22.3 Å². The summed E-state index contributed by atoms with van der Waals surface area (Å²) >= 11 is 0. The maximum atomic E-state index is 12.6. The number of fused-ring (bicyclic) bond motifs is 2. The third kappa shape index (κ3) is 2.89. The summed E-state index contributed by atoms with van der Waals surface area (Å²) in [6.07, 6.45) is 6.22. The van der Waals surface area contributed by atoms with Gasteiger partial charge in [-0.3, -0.25) is 13.9 Å². The number of para-hydroxylation sites is 1. The average molecular weight is 416 g/mol. The number of nitrogens with one attached hydrogen (secondary N) is 2. The molecule has 2 saturated carbocycles. The lowest BCUT2D eigenvalue weighted by Crippen LogP contribution is -2.56. The van der Waals surface area contributed by atoms with Crippen LogP contribution in [0, 0.1) is 5.41 Å². The average Bonchev–Trinajstić information content (AvgIpc) is 3.30. The Morgan fingerprint density at radius 3 is 2.77 bits per heavy atom. The predicted molar refractivity (Wildman–Crippen MR) is 116 cm³/mol. The first-order chi connectivity index (χ1) is 15.0. The molecule has 3 heterocycles. The van der Waals surface area contributed by atoms with E-state index in [0.717, 1.165) is 53.5 Å². The SMILES string of the molecule is Cn1nc(CC(=O)NC2CC3(C2)CC(c2n[nH]c(=O)n4cccc24)C3)c2ccccc21. The predicted octanol–water partition coefficient (Wildman–Crippen LogP) is 2.29. The third-order valence-electron chi connectivity index (χ3n) is 7.13. The standard InChI is InChI=1S/C23H24N6O2/c1-28-18-6-3-2-5-16(18)17(27-28)9-20(30)24-15-12-23(13-15)10-14(11-23)21-19-7-4-8-29(19)22(31)26-25-21/h2-8,14-15H,9-13H2,1H3,(H,24,30)(H,26,31). The summed E-state index contributed by atoms with van der Waals surface area (Å²) in [5.74, 6) is 0.405. The van der Waals surface area contributed by atoms with Crippen molar-refractivity contribution in [1.29, 1.82) is 0 Å². The van der Waals surface area contributed by atoms with Crippen molar-refractivity contribution < 1.29 is 4.79 Å². The van der Waals surface area contributed by atoms with Crippen LogP contribution in [0.2, 0.25) is 0 Å². The Bertz CT molecular complexity index is 1370. The molecule has 31 heavy (non-hydrogen) atoms. The van der Waals surface area contributed by atoms with Crippen LogP contribution in [-0.4, -0.2) is 36.3 Å². The lowest BCUT2D eigenvalue weighted by Gasteiger charge is -2.57. The smallest absolute Gasteiger partial charge is 0.346 e. The van der Waals surface area contributed by atoms with Gasteiger partial charge >= 0.3 is 5.69 Å². The number of rotatable bonds is 4. The zero-order chi connectivity index (χ0) is 21.2. The molecule has 0 saturated heterocycles. The van der Waals surface area contributed by atoms with Gasteiger partial charge in [-0.2, -0.15) is 10.2 Å². The zero-order valence-electron chi connectivity index (χ0n) is 17.3. The quantitative estimate of drug-likeness (QED) is 0.533. The maximum Gasteiger partial charge on any atom is 0.346 e. The Hall–Kier alpha value is -3.42. The summed E-state index contributed by atoms with van der Waals surface area (Å²) in [6, 6.07) is 12.1. The highest BCUT2D eigenvalue weighted by molar-refractivity contribution is 5.87. The highest BCUT2D eigenvalue weighted by Crippen LogP contribution is 2.61. The normalized spacial score (nSPS) is 24.9. The number of hydrogen-bond donors (Lipinski definition) is 2. The molecule has 0 radical (unpaired) electrons. The van der Waals surface area contributed by atoms with Gasteiger partial charge in [0.1, 0.15) is 0 Å². The van der Waals surface area contributed by atoms with E-state index in [9.17, 15) is 9.59 Å². The van der Waals surface area contributed by atoms with E-state index in [1.807, 2.05) is 48.1 Å². The Morgan fingerprint density at radius 1 is 1.16 bits per heavy atom. The minimum atomic E-state index is -0.204. The number of carbonyl (C=O) groups excluding carboxylic acids is 1. The first kappa shape index (κ1) is 18.4. The van der Waals surface area contributed by atoms with E-state index in [0.29, 0.717) is 17.8 Å². The molecule has 0 bridgehead atoms. The molecule has 4 aromatic rings. The van der Waals surface area contributed by atoms with E-state index in [4.69, 9.17) is 0 Å². The van der Waals surface area contributed by atoms with E-state index in [1.54, 1.807) is 10.6 Å². The second kappa shape index (κ2) is 6.54. The van der Waals surface area contributed by atoms with Crippen molar-refractivity contribution in [3.63, 3.8) is 0 Å². The summed E-state index contributed by atoms with van der Waals surface area (Å²) < 4.78 is 3.45. The first-order valence-electron chi connectivity index (χ1n) is 10.8. The minimum Gasteiger partial charge on any atom is -0.353 e. The number of hydrogen-bond acceptors (Lipinski definition) is 4. The number of H-pyrrole nitrogens is 1. The fraction of sp³-hybridized carbons (Fsp3) is 0.391. The van der Waals surface area contributed by atoms with Crippen molar-refractivity contribution in [3.05, 3.63) is 64.5 Å². The maximum absolute atomic E-state index is 12.6. The highest BCUT2D eigenvalue weighted by atomic mass is 16.2. The lowest BCUT2D eigenvalue weighted by molar-refractivity contribution is -0.124. The van der Waals surface area contributed by atoms with Gasteiger partial charge in [0, 0.05) is 30.6 Å². The summed E-state index contributed by atoms with van der Waals surface area (Å²) in [4.78, 5) is 24.5. The van der Waals surface area contributed by atoms with Crippen LogP contribution in [0.25, 0.3) is 16.4 Å². The molecular weight excluding hydrogens is 392 g/mol. The number of aromatic amines is 1. The fourth-order valence-corrected chi connectivity index (χ4v) is 5.74. The molecule has 1 aromatic carbocycles. The number of aryl methyl sites for hydroxylation is 1. The van der Waals surface area contributed by atoms with Crippen LogP contribution in [0.15, 0.2) is 47.4 Å². The number of nitrogens with zero attached hydrogens (tertiary/aromatic N) is 4. The fourth-order valence-electron chi connectivity index (χ4n) is 5.74. The van der Waals surface area contributed by atoms with Gasteiger partial charge in [0.2, 0.25) is 5.91 Å². The van der Waals surface area contributed by atoms with Gasteiger partial charge in [-0.1, -0.05) is 18.2 Å². The van der Waals surface area contributed by atoms with E-state index in [-0.39, 0.29) is 17.6 Å². The molecule has 2 fully saturated rings. The molecule has 0 unspecified atom stereocenters. The van der Waals surface area contributed by atoms with Crippen molar-refractivity contribution in [3.8, 4) is 0 Å². The van der Waals surface area contributed by atoms with Crippen LogP contribution in [0.4, 0.5) is 0 Å². The Kier molecular flexibility index (Phi) is 3.87. The van der Waals surface area contributed by atoms with E-state index < -0.39 is 0 Å².